The molecule has 6 atom stereocenters. The SMILES string of the molecule is CCC(C)(C)COC(=O)[C@H](C)NP(=O)(OC[C@H]1O[C@@](C#N)(c2ccc3c(N)ncnn23)[C@H](OC(=O)C(C)C)[C@@H]1OC(=O)C(C)C)Oc1ccccc1. The largest absolute Gasteiger partial charge is 0.464 e. The maximum absolute atomic E-state index is 14.5. The Morgan fingerprint density at radius 3 is 2.33 bits per heavy atom. The van der Waals surface area contributed by atoms with E-state index < -0.39 is 74.1 Å². The van der Waals surface area contributed by atoms with Gasteiger partial charge in [-0.3, -0.25) is 18.9 Å². The molecule has 1 saturated heterocycles. The number of nitriles is 1. The summed E-state index contributed by atoms with van der Waals surface area (Å²) in [5.74, 6) is -3.15. The first-order chi connectivity index (χ1) is 24.5. The van der Waals surface area contributed by atoms with E-state index in [1.165, 1.54) is 36.0 Å². The van der Waals surface area contributed by atoms with E-state index in [1.807, 2.05) is 20.8 Å². The van der Waals surface area contributed by atoms with Gasteiger partial charge in [0.05, 0.1) is 30.7 Å². The minimum atomic E-state index is -4.48. The zero-order valence-electron chi connectivity index (χ0n) is 30.6. The summed E-state index contributed by atoms with van der Waals surface area (Å²) in [5.41, 5.74) is 4.04. The van der Waals surface area contributed by atoms with Crippen LogP contribution in [0.4, 0.5) is 5.82 Å². The molecule has 52 heavy (non-hydrogen) atoms. The molecule has 3 N–H and O–H groups in total. The second-order valence-corrected chi connectivity index (χ2v) is 15.6. The number of hydrogen-bond donors (Lipinski definition) is 2. The van der Waals surface area contributed by atoms with Crippen LogP contribution in [0.2, 0.25) is 0 Å². The van der Waals surface area contributed by atoms with Crippen molar-refractivity contribution in [3.8, 4) is 11.8 Å². The number of anilines is 1. The van der Waals surface area contributed by atoms with Crippen LogP contribution < -0.4 is 15.3 Å². The fourth-order valence-electron chi connectivity index (χ4n) is 5.00. The predicted octanol–water partition coefficient (Wildman–Crippen LogP) is 4.73. The minimum Gasteiger partial charge on any atom is -0.464 e. The molecule has 1 aliphatic heterocycles. The van der Waals surface area contributed by atoms with Crippen LogP contribution in [-0.4, -0.2) is 70.1 Å². The van der Waals surface area contributed by atoms with Gasteiger partial charge in [-0.25, -0.2) is 14.1 Å². The number of fused-ring (bicyclic) bond motifs is 1. The number of benzene rings is 1. The lowest BCUT2D eigenvalue weighted by Gasteiger charge is -2.29. The summed E-state index contributed by atoms with van der Waals surface area (Å²) in [7, 11) is -4.48. The second-order valence-electron chi connectivity index (χ2n) is 13.9. The van der Waals surface area contributed by atoms with Crippen LogP contribution >= 0.6 is 7.75 Å². The van der Waals surface area contributed by atoms with Gasteiger partial charge >= 0.3 is 25.7 Å². The minimum absolute atomic E-state index is 0.0852. The molecular weight excluding hydrogens is 695 g/mol. The highest BCUT2D eigenvalue weighted by atomic mass is 31.2. The number of para-hydroxylation sites is 1. The average molecular weight is 743 g/mol. The maximum atomic E-state index is 14.5. The highest BCUT2D eigenvalue weighted by molar-refractivity contribution is 7.52. The van der Waals surface area contributed by atoms with E-state index in [4.69, 9.17) is 33.7 Å². The van der Waals surface area contributed by atoms with Gasteiger partial charge in [0.25, 0.3) is 0 Å². The Bertz CT molecular complexity index is 1830. The molecule has 17 heteroatoms. The first-order valence-corrected chi connectivity index (χ1v) is 18.5. The van der Waals surface area contributed by atoms with Crippen LogP contribution in [0, 0.1) is 28.6 Å². The Kier molecular flexibility index (Phi) is 12.7. The number of aromatic nitrogens is 3. The zero-order valence-corrected chi connectivity index (χ0v) is 31.5. The first kappa shape index (κ1) is 40.2. The number of rotatable bonds is 16. The highest BCUT2D eigenvalue weighted by Gasteiger charge is 2.63. The predicted molar refractivity (Wildman–Crippen MR) is 187 cm³/mol. The summed E-state index contributed by atoms with van der Waals surface area (Å²) in [6, 6.07) is 12.1. The summed E-state index contributed by atoms with van der Waals surface area (Å²) in [4.78, 5) is 43.3. The van der Waals surface area contributed by atoms with Crippen molar-refractivity contribution in [2.45, 2.75) is 91.8 Å². The number of nitrogen functional groups attached to an aromatic ring is 1. The monoisotopic (exact) mass is 742 g/mol. The number of ether oxygens (including phenoxy) is 4. The highest BCUT2D eigenvalue weighted by Crippen LogP contribution is 2.48. The van der Waals surface area contributed by atoms with Crippen LogP contribution in [0.25, 0.3) is 5.52 Å². The summed E-state index contributed by atoms with van der Waals surface area (Å²) >= 11 is 0. The molecule has 1 aromatic carbocycles. The van der Waals surface area contributed by atoms with Crippen molar-refractivity contribution in [3.63, 3.8) is 0 Å². The Morgan fingerprint density at radius 2 is 1.71 bits per heavy atom. The Labute approximate surface area is 302 Å². The Morgan fingerprint density at radius 1 is 1.06 bits per heavy atom. The van der Waals surface area contributed by atoms with Gasteiger partial charge in [0.1, 0.15) is 35.8 Å². The lowest BCUT2D eigenvalue weighted by atomic mass is 9.92. The van der Waals surface area contributed by atoms with Crippen molar-refractivity contribution in [2.24, 2.45) is 17.3 Å². The van der Waals surface area contributed by atoms with Crippen molar-refractivity contribution in [1.29, 1.82) is 5.26 Å². The van der Waals surface area contributed by atoms with Crippen molar-refractivity contribution in [3.05, 3.63) is 54.5 Å². The van der Waals surface area contributed by atoms with Gasteiger partial charge in [-0.1, -0.05) is 66.7 Å². The maximum Gasteiger partial charge on any atom is 0.459 e. The molecule has 4 rings (SSSR count). The molecule has 0 bridgehead atoms. The normalized spacial score (nSPS) is 22.1. The van der Waals surface area contributed by atoms with Crippen LogP contribution in [0.3, 0.4) is 0 Å². The van der Waals surface area contributed by atoms with Crippen LogP contribution in [0.1, 0.15) is 67.5 Å². The molecule has 1 aliphatic rings. The van der Waals surface area contributed by atoms with Crippen molar-refractivity contribution in [1.82, 2.24) is 19.7 Å². The van der Waals surface area contributed by atoms with Gasteiger partial charge in [0.2, 0.25) is 5.60 Å². The van der Waals surface area contributed by atoms with Gasteiger partial charge in [-0.2, -0.15) is 15.4 Å². The standard InChI is InChI=1S/C35H47N6O10P/c1-9-34(7,8)19-46-33(44)23(6)40-52(45,51-24-13-11-10-12-14-24)47-17-26-28(48-31(42)21(2)3)29(49-32(43)22(4)5)35(18-36,50-26)27-16-15-25-30(37)38-20-39-41(25)27/h10-16,20-23,26,28-29H,9,17,19H2,1-8H3,(H,40,45)(H2,37,38,39)/t23-,26+,28+,29+,35-,52?/m0/s1. The van der Waals surface area contributed by atoms with Crippen LogP contribution in [0.15, 0.2) is 48.8 Å². The molecule has 1 unspecified atom stereocenters. The fourth-order valence-corrected chi connectivity index (χ4v) is 6.50. The quantitative estimate of drug-likeness (QED) is 0.115. The van der Waals surface area contributed by atoms with E-state index in [2.05, 4.69) is 21.2 Å². The molecule has 0 radical (unpaired) electrons. The number of nitrogens with one attached hydrogen (secondary N) is 1. The van der Waals surface area contributed by atoms with Crippen LogP contribution in [0.5, 0.6) is 5.75 Å². The molecule has 0 saturated carbocycles. The number of carbonyl (C=O) groups is 3. The van der Waals surface area contributed by atoms with E-state index in [0.29, 0.717) is 5.52 Å². The zero-order chi connectivity index (χ0) is 38.4. The summed E-state index contributed by atoms with van der Waals surface area (Å²) in [5, 5.41) is 17.7. The van der Waals surface area contributed by atoms with E-state index >= 15 is 0 Å². The molecular formula is C35H47N6O10P. The summed E-state index contributed by atoms with van der Waals surface area (Å²) in [6.45, 7) is 13.2. The number of carbonyl (C=O) groups excluding carboxylic acids is 3. The van der Waals surface area contributed by atoms with E-state index in [0.717, 1.165) is 6.42 Å². The Hall–Kier alpha value is -4.55. The molecule has 282 valence electrons. The van der Waals surface area contributed by atoms with Crippen molar-refractivity contribution >= 4 is 37.0 Å². The van der Waals surface area contributed by atoms with Gasteiger partial charge < -0.3 is 29.2 Å². The third-order valence-corrected chi connectivity index (χ3v) is 10.2. The molecule has 3 aromatic rings. The lowest BCUT2D eigenvalue weighted by Crippen LogP contribution is -2.47. The molecule has 3 heterocycles. The lowest BCUT2D eigenvalue weighted by molar-refractivity contribution is -0.173. The molecule has 0 spiro atoms. The second kappa shape index (κ2) is 16.4. The molecule has 0 amide bonds. The third-order valence-electron chi connectivity index (χ3n) is 8.51. The van der Waals surface area contributed by atoms with Crippen molar-refractivity contribution in [2.75, 3.05) is 18.9 Å². The summed E-state index contributed by atoms with van der Waals surface area (Å²) in [6.07, 6.45) is -2.50. The van der Waals surface area contributed by atoms with Gasteiger partial charge in [0, 0.05) is 0 Å². The average Bonchev–Trinajstić information content (AvgIpc) is 3.67. The molecule has 2 aromatic heterocycles. The first-order valence-electron chi connectivity index (χ1n) is 17.0. The van der Waals surface area contributed by atoms with Gasteiger partial charge in [-0.05, 0) is 43.0 Å². The molecule has 1 fully saturated rings. The number of esters is 3. The van der Waals surface area contributed by atoms with Crippen LogP contribution in [-0.2, 0) is 48.0 Å². The Balaban J connectivity index is 1.75. The van der Waals surface area contributed by atoms with E-state index in [9.17, 15) is 24.2 Å². The van der Waals surface area contributed by atoms with E-state index in [1.54, 1.807) is 52.0 Å². The topological polar surface area (TPSA) is 216 Å². The number of nitrogens with two attached hydrogens (primary N) is 1. The number of nitrogens with zero attached hydrogens (tertiary/aromatic N) is 4. The summed E-state index contributed by atoms with van der Waals surface area (Å²) < 4.78 is 51.2. The van der Waals surface area contributed by atoms with Gasteiger partial charge in [-0.15, -0.1) is 0 Å². The third kappa shape index (κ3) is 9.08. The molecule has 0 aliphatic carbocycles. The fraction of sp³-hybridized carbons (Fsp3) is 0.543. The molecule has 16 nitrogen and oxygen atoms in total. The smallest absolute Gasteiger partial charge is 0.459 e. The van der Waals surface area contributed by atoms with E-state index in [-0.39, 0.29) is 29.3 Å². The van der Waals surface area contributed by atoms with Gasteiger partial charge in [0.15, 0.2) is 18.0 Å². The number of hydrogen-bond acceptors (Lipinski definition) is 14. The van der Waals surface area contributed by atoms with Crippen molar-refractivity contribution < 1.29 is 46.9 Å².